The normalized spacial score (nSPS) is 11.2. The van der Waals surface area contributed by atoms with Crippen LogP contribution in [0, 0.1) is 6.92 Å². The predicted molar refractivity (Wildman–Crippen MR) is 122 cm³/mol. The number of thioether (sulfide) groups is 1. The van der Waals surface area contributed by atoms with Crippen molar-refractivity contribution in [1.82, 2.24) is 25.2 Å². The van der Waals surface area contributed by atoms with Gasteiger partial charge in [-0.05, 0) is 55.5 Å². The van der Waals surface area contributed by atoms with Crippen LogP contribution < -0.4 is 5.43 Å². The van der Waals surface area contributed by atoms with Crippen molar-refractivity contribution in [3.8, 4) is 17.1 Å². The van der Waals surface area contributed by atoms with Crippen molar-refractivity contribution in [1.29, 1.82) is 0 Å². The molecule has 4 rings (SSSR count). The zero-order chi connectivity index (χ0) is 21.6. The largest absolute Gasteiger partial charge is 0.460 e. The number of halogens is 1. The van der Waals surface area contributed by atoms with E-state index in [1.54, 1.807) is 18.5 Å². The number of hydrazone groups is 1. The Labute approximate surface area is 190 Å². The lowest BCUT2D eigenvalue weighted by molar-refractivity contribution is -0.118. The molecule has 0 unspecified atom stereocenters. The zero-order valence-corrected chi connectivity index (χ0v) is 18.8. The minimum Gasteiger partial charge on any atom is -0.460 e. The molecular formula is C21H17BrN6O2S. The third-order valence-corrected chi connectivity index (χ3v) is 5.57. The summed E-state index contributed by atoms with van der Waals surface area (Å²) in [5.74, 6) is 1.85. The maximum absolute atomic E-state index is 12.2. The fraction of sp³-hybridized carbons (Fsp3) is 0.0952. The molecule has 0 spiro atoms. The Morgan fingerprint density at radius 1 is 1.23 bits per heavy atom. The second kappa shape index (κ2) is 9.71. The fourth-order valence-electron chi connectivity index (χ4n) is 2.72. The summed E-state index contributed by atoms with van der Waals surface area (Å²) < 4.78 is 8.24. The number of furan rings is 1. The van der Waals surface area contributed by atoms with Gasteiger partial charge < -0.3 is 4.42 Å². The molecule has 0 aliphatic carbocycles. The summed E-state index contributed by atoms with van der Waals surface area (Å²) in [7, 11) is 0. The first-order valence-electron chi connectivity index (χ1n) is 9.23. The first kappa shape index (κ1) is 21.0. The molecule has 0 aliphatic heterocycles. The number of hydrogen-bond acceptors (Lipinski definition) is 7. The Hall–Kier alpha value is -3.24. The van der Waals surface area contributed by atoms with Crippen LogP contribution in [0.15, 0.2) is 80.1 Å². The Morgan fingerprint density at radius 2 is 2.06 bits per heavy atom. The van der Waals surface area contributed by atoms with E-state index in [1.807, 2.05) is 54.0 Å². The summed E-state index contributed by atoms with van der Waals surface area (Å²) in [6, 6.07) is 15.1. The zero-order valence-electron chi connectivity index (χ0n) is 16.4. The van der Waals surface area contributed by atoms with Crippen LogP contribution in [0.4, 0.5) is 0 Å². The molecule has 0 saturated carbocycles. The van der Waals surface area contributed by atoms with Gasteiger partial charge in [0.15, 0.2) is 11.0 Å². The van der Waals surface area contributed by atoms with Gasteiger partial charge >= 0.3 is 0 Å². The van der Waals surface area contributed by atoms with Crippen LogP contribution in [-0.4, -0.2) is 37.6 Å². The van der Waals surface area contributed by atoms with Gasteiger partial charge in [0.1, 0.15) is 11.5 Å². The van der Waals surface area contributed by atoms with Crippen LogP contribution in [0.25, 0.3) is 17.1 Å². The minimum atomic E-state index is -0.266. The van der Waals surface area contributed by atoms with Crippen LogP contribution in [0.2, 0.25) is 0 Å². The van der Waals surface area contributed by atoms with E-state index in [2.05, 4.69) is 41.6 Å². The summed E-state index contributed by atoms with van der Waals surface area (Å²) in [6.07, 6.45) is 4.89. The smallest absolute Gasteiger partial charge is 0.250 e. The van der Waals surface area contributed by atoms with Gasteiger partial charge in [0.05, 0.1) is 12.0 Å². The lowest BCUT2D eigenvalue weighted by Crippen LogP contribution is -2.19. The van der Waals surface area contributed by atoms with Gasteiger partial charge in [0.25, 0.3) is 5.91 Å². The molecule has 0 fully saturated rings. The monoisotopic (exact) mass is 496 g/mol. The number of aromatic nitrogens is 4. The number of nitrogens with one attached hydrogen (secondary N) is 1. The van der Waals surface area contributed by atoms with E-state index >= 15 is 0 Å². The van der Waals surface area contributed by atoms with E-state index in [9.17, 15) is 4.79 Å². The van der Waals surface area contributed by atoms with Crippen LogP contribution >= 0.6 is 27.7 Å². The number of hydrogen-bond donors (Lipinski definition) is 1. The number of rotatable bonds is 7. The van der Waals surface area contributed by atoms with Crippen LogP contribution in [-0.2, 0) is 4.79 Å². The second-order valence-corrected chi connectivity index (χ2v) is 8.25. The maximum Gasteiger partial charge on any atom is 0.250 e. The lowest BCUT2D eigenvalue weighted by atomic mass is 10.2. The molecule has 31 heavy (non-hydrogen) atoms. The molecule has 0 aliphatic rings. The van der Waals surface area contributed by atoms with Gasteiger partial charge in [-0.2, -0.15) is 5.10 Å². The summed E-state index contributed by atoms with van der Waals surface area (Å²) in [5, 5.41) is 13.1. The quantitative estimate of drug-likeness (QED) is 0.233. The third kappa shape index (κ3) is 5.28. The fourth-order valence-corrected chi connectivity index (χ4v) is 3.73. The van der Waals surface area contributed by atoms with Gasteiger partial charge in [0.2, 0.25) is 0 Å². The van der Waals surface area contributed by atoms with E-state index in [0.717, 1.165) is 21.5 Å². The summed E-state index contributed by atoms with van der Waals surface area (Å²) >= 11 is 4.72. The highest BCUT2D eigenvalue weighted by Gasteiger charge is 2.17. The molecule has 1 aromatic carbocycles. The number of amides is 1. The van der Waals surface area contributed by atoms with Crippen LogP contribution in [0.1, 0.15) is 11.5 Å². The number of carbonyl (C=O) groups is 1. The highest BCUT2D eigenvalue weighted by Crippen LogP contribution is 2.28. The third-order valence-electron chi connectivity index (χ3n) is 4.11. The molecule has 8 nitrogen and oxygen atoms in total. The molecule has 3 aromatic heterocycles. The number of pyridine rings is 1. The molecule has 4 aromatic rings. The van der Waals surface area contributed by atoms with Crippen molar-refractivity contribution >= 4 is 39.8 Å². The average molecular weight is 497 g/mol. The minimum absolute atomic E-state index is 0.121. The van der Waals surface area contributed by atoms with Crippen molar-refractivity contribution in [2.75, 3.05) is 5.75 Å². The van der Waals surface area contributed by atoms with Crippen molar-refractivity contribution in [2.24, 2.45) is 5.10 Å². The second-order valence-electron chi connectivity index (χ2n) is 6.39. The Balaban J connectivity index is 1.51. The van der Waals surface area contributed by atoms with E-state index in [-0.39, 0.29) is 11.7 Å². The number of carbonyl (C=O) groups excluding carboxylic acids is 1. The topological polar surface area (TPSA) is 98.2 Å². The molecule has 0 bridgehead atoms. The van der Waals surface area contributed by atoms with Crippen molar-refractivity contribution < 1.29 is 9.21 Å². The molecule has 3 heterocycles. The highest BCUT2D eigenvalue weighted by molar-refractivity contribution is 9.10. The molecule has 0 radical (unpaired) electrons. The van der Waals surface area contributed by atoms with E-state index in [4.69, 9.17) is 4.42 Å². The maximum atomic E-state index is 12.2. The first-order chi connectivity index (χ1) is 15.1. The average Bonchev–Trinajstić information content (AvgIpc) is 3.39. The van der Waals surface area contributed by atoms with Gasteiger partial charge in [-0.25, -0.2) is 5.43 Å². The molecule has 1 amide bonds. The van der Waals surface area contributed by atoms with Gasteiger partial charge in [-0.3, -0.25) is 14.3 Å². The van der Waals surface area contributed by atoms with E-state index in [1.165, 1.54) is 18.0 Å². The Kier molecular flexibility index (Phi) is 6.58. The summed E-state index contributed by atoms with van der Waals surface area (Å²) in [5.41, 5.74) is 4.19. The molecule has 10 heteroatoms. The van der Waals surface area contributed by atoms with Gasteiger partial charge in [-0.1, -0.05) is 27.7 Å². The highest BCUT2D eigenvalue weighted by atomic mass is 79.9. The predicted octanol–water partition coefficient (Wildman–Crippen LogP) is 4.24. The van der Waals surface area contributed by atoms with E-state index in [0.29, 0.717) is 16.7 Å². The summed E-state index contributed by atoms with van der Waals surface area (Å²) in [4.78, 5) is 16.4. The van der Waals surface area contributed by atoms with Gasteiger partial charge in [-0.15, -0.1) is 10.2 Å². The van der Waals surface area contributed by atoms with Crippen molar-refractivity contribution in [3.63, 3.8) is 0 Å². The molecule has 0 atom stereocenters. The Bertz CT molecular complexity index is 1200. The van der Waals surface area contributed by atoms with Crippen LogP contribution in [0.3, 0.4) is 0 Å². The molecule has 0 saturated heterocycles. The molecule has 156 valence electrons. The van der Waals surface area contributed by atoms with Gasteiger partial charge in [0, 0.05) is 28.1 Å². The van der Waals surface area contributed by atoms with E-state index < -0.39 is 0 Å². The SMILES string of the molecule is Cc1ccc(C=NNC(=O)CSc2nnc(-c3cccnc3)n2-c2ccc(Br)cc2)o1. The lowest BCUT2D eigenvalue weighted by Gasteiger charge is -2.10. The number of aryl methyl sites for hydroxylation is 1. The number of nitrogens with zero attached hydrogens (tertiary/aromatic N) is 5. The Morgan fingerprint density at radius 3 is 2.77 bits per heavy atom. The van der Waals surface area contributed by atoms with Crippen molar-refractivity contribution in [3.05, 3.63) is 76.9 Å². The van der Waals surface area contributed by atoms with Crippen molar-refractivity contribution in [2.45, 2.75) is 12.1 Å². The number of benzene rings is 1. The first-order valence-corrected chi connectivity index (χ1v) is 11.0. The standard InChI is InChI=1S/C21H17BrN6O2S/c1-14-4-9-18(30-14)12-24-25-19(29)13-31-21-27-26-20(15-3-2-10-23-11-15)28(21)17-7-5-16(22)6-8-17/h2-12H,13H2,1H3,(H,25,29). The molecular weight excluding hydrogens is 480 g/mol. The molecule has 1 N–H and O–H groups in total. The summed E-state index contributed by atoms with van der Waals surface area (Å²) in [6.45, 7) is 1.84. The van der Waals surface area contributed by atoms with Crippen LogP contribution in [0.5, 0.6) is 0 Å².